The highest BCUT2D eigenvalue weighted by Gasteiger charge is 2.39. The standard InChI is InChI=1S/C18H35NO2SSi3/c1-23(2,3)15-17(24(4,5)6)18(25(7,8)9)19-22(20,21)16-13-11-10-12-14-16/h10-15,18-19H,1-9H3/b17-15-. The Labute approximate surface area is 158 Å². The highest BCUT2D eigenvalue weighted by molar-refractivity contribution is 7.89. The lowest BCUT2D eigenvalue weighted by atomic mass is 10.4. The van der Waals surface area contributed by atoms with Gasteiger partial charge in [0.25, 0.3) is 0 Å². The summed E-state index contributed by atoms with van der Waals surface area (Å²) in [5.74, 6) is 0. The normalized spacial score (nSPS) is 16.0. The van der Waals surface area contributed by atoms with Crippen molar-refractivity contribution < 1.29 is 8.42 Å². The van der Waals surface area contributed by atoms with Gasteiger partial charge in [-0.1, -0.05) is 88.0 Å². The summed E-state index contributed by atoms with van der Waals surface area (Å²) in [5.41, 5.74) is 2.39. The molecule has 1 rings (SSSR count). The molecule has 0 saturated carbocycles. The van der Waals surface area contributed by atoms with Crippen molar-refractivity contribution in [3.05, 3.63) is 41.2 Å². The van der Waals surface area contributed by atoms with Gasteiger partial charge in [-0.15, -0.1) is 0 Å². The largest absolute Gasteiger partial charge is 0.240 e. The van der Waals surface area contributed by atoms with E-state index in [9.17, 15) is 8.42 Å². The van der Waals surface area contributed by atoms with E-state index in [4.69, 9.17) is 0 Å². The number of hydrogen-bond acceptors (Lipinski definition) is 2. The lowest BCUT2D eigenvalue weighted by Gasteiger charge is -2.38. The summed E-state index contributed by atoms with van der Waals surface area (Å²) in [6, 6.07) is 8.72. The molecule has 1 aromatic rings. The number of nitrogens with one attached hydrogen (secondary N) is 1. The van der Waals surface area contributed by atoms with Crippen LogP contribution in [-0.4, -0.2) is 38.3 Å². The van der Waals surface area contributed by atoms with Crippen LogP contribution >= 0.6 is 0 Å². The van der Waals surface area contributed by atoms with E-state index < -0.39 is 34.2 Å². The van der Waals surface area contributed by atoms with Gasteiger partial charge in [-0.25, -0.2) is 13.1 Å². The fourth-order valence-corrected chi connectivity index (χ4v) is 14.7. The molecule has 0 aliphatic carbocycles. The summed E-state index contributed by atoms with van der Waals surface area (Å²) in [6.07, 6.45) is 0. The van der Waals surface area contributed by atoms with Crippen molar-refractivity contribution >= 4 is 34.2 Å². The van der Waals surface area contributed by atoms with Crippen LogP contribution in [0.2, 0.25) is 58.9 Å². The molecule has 0 saturated heterocycles. The molecule has 1 N–H and O–H groups in total. The van der Waals surface area contributed by atoms with Crippen molar-refractivity contribution in [2.24, 2.45) is 0 Å². The molecular formula is C18H35NO2SSi3. The minimum absolute atomic E-state index is 0.0592. The van der Waals surface area contributed by atoms with E-state index in [2.05, 4.69) is 69.3 Å². The first-order valence-electron chi connectivity index (χ1n) is 8.85. The molecule has 0 radical (unpaired) electrons. The molecule has 0 bridgehead atoms. The van der Waals surface area contributed by atoms with Crippen LogP contribution in [0.15, 0.2) is 46.1 Å². The number of benzene rings is 1. The van der Waals surface area contributed by atoms with Crippen LogP contribution < -0.4 is 4.72 Å². The zero-order valence-corrected chi connectivity index (χ0v) is 21.1. The Hall–Kier alpha value is -0.479. The smallest absolute Gasteiger partial charge is 0.207 e. The Morgan fingerprint density at radius 2 is 1.40 bits per heavy atom. The quantitative estimate of drug-likeness (QED) is 0.647. The van der Waals surface area contributed by atoms with Gasteiger partial charge in [0.2, 0.25) is 10.0 Å². The van der Waals surface area contributed by atoms with E-state index in [0.29, 0.717) is 4.90 Å². The molecule has 1 aromatic carbocycles. The third-order valence-corrected chi connectivity index (χ3v) is 11.7. The molecule has 7 heteroatoms. The van der Waals surface area contributed by atoms with E-state index in [0.717, 1.165) is 0 Å². The summed E-state index contributed by atoms with van der Waals surface area (Å²) < 4.78 is 29.1. The average molecular weight is 414 g/mol. The third-order valence-electron chi connectivity index (χ3n) is 3.96. The summed E-state index contributed by atoms with van der Waals surface area (Å²) in [4.78, 5) is 0.348. The molecule has 0 aromatic heterocycles. The Morgan fingerprint density at radius 1 is 0.920 bits per heavy atom. The van der Waals surface area contributed by atoms with Crippen LogP contribution in [0, 0.1) is 0 Å². The van der Waals surface area contributed by atoms with Crippen LogP contribution in [0.3, 0.4) is 0 Å². The molecule has 0 aliphatic heterocycles. The van der Waals surface area contributed by atoms with Crippen molar-refractivity contribution in [1.29, 1.82) is 0 Å². The van der Waals surface area contributed by atoms with Gasteiger partial charge in [0, 0.05) is 5.67 Å². The maximum Gasteiger partial charge on any atom is 0.240 e. The molecular weight excluding hydrogens is 379 g/mol. The van der Waals surface area contributed by atoms with Crippen LogP contribution in [0.5, 0.6) is 0 Å². The van der Waals surface area contributed by atoms with E-state index in [1.807, 2.05) is 6.07 Å². The molecule has 1 atom stereocenters. The topological polar surface area (TPSA) is 46.2 Å². The van der Waals surface area contributed by atoms with Gasteiger partial charge in [0.15, 0.2) is 0 Å². The zero-order valence-electron chi connectivity index (χ0n) is 17.3. The van der Waals surface area contributed by atoms with Crippen LogP contribution in [0.25, 0.3) is 0 Å². The summed E-state index contributed by atoms with van der Waals surface area (Å²) in [7, 11) is -8.46. The second-order valence-corrected chi connectivity index (χ2v) is 27.1. The van der Waals surface area contributed by atoms with Gasteiger partial charge in [-0.05, 0) is 12.1 Å². The molecule has 0 amide bonds. The Balaban J connectivity index is 3.46. The first-order chi connectivity index (χ1) is 11.0. The van der Waals surface area contributed by atoms with Gasteiger partial charge >= 0.3 is 0 Å². The van der Waals surface area contributed by atoms with E-state index >= 15 is 0 Å². The highest BCUT2D eigenvalue weighted by atomic mass is 32.2. The molecule has 1 unspecified atom stereocenters. The summed E-state index contributed by atoms with van der Waals surface area (Å²) >= 11 is 0. The van der Waals surface area contributed by atoms with E-state index in [-0.39, 0.29) is 5.67 Å². The predicted octanol–water partition coefficient (Wildman–Crippen LogP) is 4.89. The van der Waals surface area contributed by atoms with E-state index in [1.165, 1.54) is 5.20 Å². The van der Waals surface area contributed by atoms with Gasteiger partial charge in [0.05, 0.1) is 29.1 Å². The van der Waals surface area contributed by atoms with Gasteiger partial charge in [-0.2, -0.15) is 0 Å². The monoisotopic (exact) mass is 413 g/mol. The zero-order chi connectivity index (χ0) is 19.7. The molecule has 0 aliphatic rings. The van der Waals surface area contributed by atoms with Gasteiger partial charge < -0.3 is 0 Å². The SMILES string of the molecule is C[Si](C)(C)/C=C(/C(NS(=O)(=O)c1ccccc1)[Si](C)(C)C)[Si](C)(C)C. The average Bonchev–Trinajstić information content (AvgIpc) is 2.40. The fraction of sp³-hybridized carbons (Fsp3) is 0.556. The van der Waals surface area contributed by atoms with Crippen LogP contribution in [0.4, 0.5) is 0 Å². The Morgan fingerprint density at radius 3 is 1.76 bits per heavy atom. The summed E-state index contributed by atoms with van der Waals surface area (Å²) in [6.45, 7) is 20.7. The van der Waals surface area contributed by atoms with Gasteiger partial charge in [-0.3, -0.25) is 0 Å². The first-order valence-corrected chi connectivity index (χ1v) is 21.0. The van der Waals surface area contributed by atoms with E-state index in [1.54, 1.807) is 24.3 Å². The van der Waals surface area contributed by atoms with Crippen molar-refractivity contribution in [1.82, 2.24) is 4.72 Å². The van der Waals surface area contributed by atoms with Crippen LogP contribution in [0.1, 0.15) is 0 Å². The first kappa shape index (κ1) is 22.6. The third kappa shape index (κ3) is 6.97. The minimum Gasteiger partial charge on any atom is -0.207 e. The molecule has 0 fully saturated rings. The summed E-state index contributed by atoms with van der Waals surface area (Å²) in [5, 5.41) is 1.38. The second kappa shape index (κ2) is 7.64. The highest BCUT2D eigenvalue weighted by Crippen LogP contribution is 2.28. The molecule has 3 nitrogen and oxygen atoms in total. The molecule has 25 heavy (non-hydrogen) atoms. The number of sulfonamides is 1. The number of hydrogen-bond donors (Lipinski definition) is 1. The van der Waals surface area contributed by atoms with Crippen molar-refractivity contribution in [2.45, 2.75) is 69.5 Å². The molecule has 0 spiro atoms. The maximum atomic E-state index is 13.0. The van der Waals surface area contributed by atoms with Crippen molar-refractivity contribution in [3.63, 3.8) is 0 Å². The van der Waals surface area contributed by atoms with Crippen molar-refractivity contribution in [3.8, 4) is 0 Å². The lowest BCUT2D eigenvalue weighted by molar-refractivity contribution is 0.581. The van der Waals surface area contributed by atoms with Gasteiger partial charge in [0.1, 0.15) is 0 Å². The minimum atomic E-state index is -3.52. The Kier molecular flexibility index (Phi) is 6.89. The molecule has 142 valence electrons. The lowest BCUT2D eigenvalue weighted by Crippen LogP contribution is -2.56. The van der Waals surface area contributed by atoms with Crippen molar-refractivity contribution in [2.75, 3.05) is 0 Å². The second-order valence-electron chi connectivity index (χ2n) is 9.95. The predicted molar refractivity (Wildman–Crippen MR) is 119 cm³/mol. The maximum absolute atomic E-state index is 13.0. The Bertz CT molecular complexity index is 709. The fourth-order valence-electron chi connectivity index (χ4n) is 2.73. The number of rotatable bonds is 7. The molecule has 0 heterocycles. The van der Waals surface area contributed by atoms with Crippen LogP contribution in [-0.2, 0) is 10.0 Å².